The second-order valence-corrected chi connectivity index (χ2v) is 8.93. The SMILES string of the molecule is CC(NS(=O)C(C)(C)C)c1ccc(C(=O)Cc2ccccc2)cc1. The topological polar surface area (TPSA) is 46.2 Å². The van der Waals surface area contributed by atoms with Crippen LogP contribution in [0.4, 0.5) is 0 Å². The van der Waals surface area contributed by atoms with Crippen LogP contribution in [0.3, 0.4) is 0 Å². The zero-order chi connectivity index (χ0) is 17.7. The molecular weight excluding hydrogens is 318 g/mol. The van der Waals surface area contributed by atoms with Crippen LogP contribution in [-0.2, 0) is 17.4 Å². The van der Waals surface area contributed by atoms with Gasteiger partial charge in [0.2, 0.25) is 0 Å². The maximum Gasteiger partial charge on any atom is 0.167 e. The van der Waals surface area contributed by atoms with Crippen molar-refractivity contribution in [2.45, 2.75) is 44.9 Å². The highest BCUT2D eigenvalue weighted by Gasteiger charge is 2.21. The number of ketones is 1. The third-order valence-electron chi connectivity index (χ3n) is 3.78. The van der Waals surface area contributed by atoms with Crippen LogP contribution in [0, 0.1) is 0 Å². The minimum Gasteiger partial charge on any atom is -0.294 e. The first-order valence-electron chi connectivity index (χ1n) is 8.12. The Morgan fingerprint density at radius 3 is 2.17 bits per heavy atom. The highest BCUT2D eigenvalue weighted by Crippen LogP contribution is 2.18. The molecule has 2 atom stereocenters. The summed E-state index contributed by atoms with van der Waals surface area (Å²) in [4.78, 5) is 12.3. The predicted molar refractivity (Wildman–Crippen MR) is 100 cm³/mol. The number of carbonyl (C=O) groups excluding carboxylic acids is 1. The third kappa shape index (κ3) is 5.11. The van der Waals surface area contributed by atoms with E-state index in [1.54, 1.807) is 0 Å². The van der Waals surface area contributed by atoms with Gasteiger partial charge in [0.25, 0.3) is 0 Å². The summed E-state index contributed by atoms with van der Waals surface area (Å²) in [6.07, 6.45) is 0.405. The molecule has 3 nitrogen and oxygen atoms in total. The lowest BCUT2D eigenvalue weighted by Gasteiger charge is -2.22. The number of benzene rings is 2. The number of nitrogens with one attached hydrogen (secondary N) is 1. The molecule has 4 heteroatoms. The Balaban J connectivity index is 2.02. The summed E-state index contributed by atoms with van der Waals surface area (Å²) in [7, 11) is -1.13. The van der Waals surface area contributed by atoms with Crippen molar-refractivity contribution >= 4 is 16.8 Å². The second kappa shape index (κ2) is 7.86. The second-order valence-electron chi connectivity index (χ2n) is 6.93. The Bertz CT molecular complexity index is 703. The van der Waals surface area contributed by atoms with Crippen LogP contribution in [0.2, 0.25) is 0 Å². The van der Waals surface area contributed by atoms with Crippen molar-refractivity contribution in [2.24, 2.45) is 0 Å². The predicted octanol–water partition coefficient (Wildman–Crippen LogP) is 4.22. The van der Waals surface area contributed by atoms with E-state index in [1.165, 1.54) is 0 Å². The molecule has 0 aliphatic heterocycles. The molecular formula is C20H25NO2S. The van der Waals surface area contributed by atoms with Crippen molar-refractivity contribution in [2.75, 3.05) is 0 Å². The van der Waals surface area contributed by atoms with Gasteiger partial charge >= 0.3 is 0 Å². The minimum absolute atomic E-state index is 0.0386. The molecule has 0 radical (unpaired) electrons. The lowest BCUT2D eigenvalue weighted by molar-refractivity contribution is 0.0993. The summed E-state index contributed by atoms with van der Waals surface area (Å²) in [5.74, 6) is 0.103. The average Bonchev–Trinajstić information content (AvgIpc) is 2.55. The van der Waals surface area contributed by atoms with E-state index >= 15 is 0 Å². The Hall–Kier alpha value is -1.78. The molecule has 2 rings (SSSR count). The number of hydrogen-bond donors (Lipinski definition) is 1. The van der Waals surface area contributed by atoms with Gasteiger partial charge in [0.05, 0.1) is 15.7 Å². The first-order valence-corrected chi connectivity index (χ1v) is 9.27. The molecule has 0 aliphatic carbocycles. The quantitative estimate of drug-likeness (QED) is 0.798. The molecule has 0 heterocycles. The van der Waals surface area contributed by atoms with Crippen molar-refractivity contribution in [3.8, 4) is 0 Å². The van der Waals surface area contributed by atoms with Crippen LogP contribution in [0.1, 0.15) is 55.2 Å². The first kappa shape index (κ1) is 18.6. The number of rotatable bonds is 6. The monoisotopic (exact) mass is 343 g/mol. The lowest BCUT2D eigenvalue weighted by Crippen LogP contribution is -2.34. The zero-order valence-electron chi connectivity index (χ0n) is 14.7. The van der Waals surface area contributed by atoms with Crippen molar-refractivity contribution in [3.63, 3.8) is 0 Å². The van der Waals surface area contributed by atoms with Gasteiger partial charge < -0.3 is 0 Å². The molecule has 1 N–H and O–H groups in total. The van der Waals surface area contributed by atoms with E-state index in [-0.39, 0.29) is 16.6 Å². The summed E-state index contributed by atoms with van der Waals surface area (Å²) in [5.41, 5.74) is 2.73. The van der Waals surface area contributed by atoms with Crippen LogP contribution >= 0.6 is 0 Å². The number of hydrogen-bond acceptors (Lipinski definition) is 2. The third-order valence-corrected chi connectivity index (χ3v) is 5.46. The van der Waals surface area contributed by atoms with Crippen molar-refractivity contribution in [3.05, 3.63) is 71.3 Å². The summed E-state index contributed by atoms with van der Waals surface area (Å²) in [5, 5.41) is 0. The summed E-state index contributed by atoms with van der Waals surface area (Å²) in [6.45, 7) is 7.79. The van der Waals surface area contributed by atoms with Crippen LogP contribution in [0.25, 0.3) is 0 Å². The van der Waals surface area contributed by atoms with Crippen LogP contribution in [0.15, 0.2) is 54.6 Å². The largest absolute Gasteiger partial charge is 0.294 e. The van der Waals surface area contributed by atoms with Gasteiger partial charge in [-0.2, -0.15) is 0 Å². The van der Waals surface area contributed by atoms with Gasteiger partial charge in [-0.1, -0.05) is 54.6 Å². The van der Waals surface area contributed by atoms with Crippen LogP contribution < -0.4 is 4.72 Å². The molecule has 0 aromatic heterocycles. The molecule has 0 aliphatic rings. The van der Waals surface area contributed by atoms with Crippen LogP contribution in [-0.4, -0.2) is 14.7 Å². The maximum atomic E-state index is 12.3. The maximum absolute atomic E-state index is 12.3. The zero-order valence-corrected chi connectivity index (χ0v) is 15.5. The standard InChI is InChI=1S/C20H25NO2S/c1-15(21-24(23)20(2,3)4)17-10-12-18(13-11-17)19(22)14-16-8-6-5-7-9-16/h5-13,15,21H,14H2,1-4H3. The Morgan fingerprint density at radius 1 is 1.04 bits per heavy atom. The van der Waals surface area contributed by atoms with E-state index in [1.807, 2.05) is 82.3 Å². The highest BCUT2D eigenvalue weighted by molar-refractivity contribution is 7.84. The summed E-state index contributed by atoms with van der Waals surface area (Å²) >= 11 is 0. The van der Waals surface area contributed by atoms with Crippen LogP contribution in [0.5, 0.6) is 0 Å². The van der Waals surface area contributed by atoms with Gasteiger partial charge in [0.15, 0.2) is 5.78 Å². The van der Waals surface area contributed by atoms with E-state index in [0.717, 1.165) is 11.1 Å². The van der Waals surface area contributed by atoms with Gasteiger partial charge in [0, 0.05) is 18.0 Å². The Kier molecular flexibility index (Phi) is 6.08. The lowest BCUT2D eigenvalue weighted by atomic mass is 10.0. The fraction of sp³-hybridized carbons (Fsp3) is 0.350. The molecule has 0 saturated heterocycles. The highest BCUT2D eigenvalue weighted by atomic mass is 32.2. The van der Waals surface area contributed by atoms with Gasteiger partial charge in [-0.15, -0.1) is 0 Å². The van der Waals surface area contributed by atoms with Gasteiger partial charge in [-0.3, -0.25) is 4.79 Å². The Labute approximate surface area is 147 Å². The molecule has 0 fully saturated rings. The molecule has 128 valence electrons. The van der Waals surface area contributed by atoms with E-state index < -0.39 is 11.0 Å². The molecule has 0 saturated carbocycles. The first-order chi connectivity index (χ1) is 11.3. The van der Waals surface area contributed by atoms with Gasteiger partial charge in [0.1, 0.15) is 0 Å². The van der Waals surface area contributed by atoms with Gasteiger partial charge in [-0.25, -0.2) is 8.93 Å². The molecule has 24 heavy (non-hydrogen) atoms. The average molecular weight is 343 g/mol. The molecule has 2 aromatic carbocycles. The van der Waals surface area contributed by atoms with E-state index in [2.05, 4.69) is 4.72 Å². The van der Waals surface area contributed by atoms with E-state index in [9.17, 15) is 9.00 Å². The molecule has 0 amide bonds. The fourth-order valence-corrected chi connectivity index (χ4v) is 3.06. The minimum atomic E-state index is -1.13. The Morgan fingerprint density at radius 2 is 1.62 bits per heavy atom. The molecule has 0 bridgehead atoms. The summed E-state index contributed by atoms with van der Waals surface area (Å²) < 4.78 is 15.0. The van der Waals surface area contributed by atoms with Gasteiger partial charge in [-0.05, 0) is 38.8 Å². The van der Waals surface area contributed by atoms with Crippen molar-refractivity contribution < 1.29 is 9.00 Å². The fourth-order valence-electron chi connectivity index (χ4n) is 2.25. The summed E-state index contributed by atoms with van der Waals surface area (Å²) in [6, 6.07) is 17.2. The normalized spacial score (nSPS) is 14.2. The van der Waals surface area contributed by atoms with Crippen molar-refractivity contribution in [1.29, 1.82) is 0 Å². The number of carbonyl (C=O) groups is 1. The molecule has 0 spiro atoms. The molecule has 2 aromatic rings. The number of Topliss-reactive ketones (excluding diaryl/α,β-unsaturated/α-hetero) is 1. The van der Waals surface area contributed by atoms with Crippen molar-refractivity contribution in [1.82, 2.24) is 4.72 Å². The smallest absolute Gasteiger partial charge is 0.167 e. The van der Waals surface area contributed by atoms with E-state index in [0.29, 0.717) is 12.0 Å². The van der Waals surface area contributed by atoms with E-state index in [4.69, 9.17) is 0 Å². The molecule has 2 unspecified atom stereocenters.